The van der Waals surface area contributed by atoms with E-state index in [9.17, 15) is 9.59 Å². The Morgan fingerprint density at radius 1 is 0.769 bits per heavy atom. The molecule has 2 amide bonds. The number of hydrogen-bond acceptors (Lipinski definition) is 12. The lowest BCUT2D eigenvalue weighted by atomic mass is 10.3. The Morgan fingerprint density at radius 3 is 2.13 bits per heavy atom. The maximum atomic E-state index is 12.2. The van der Waals surface area contributed by atoms with E-state index < -0.39 is 5.91 Å². The summed E-state index contributed by atoms with van der Waals surface area (Å²) in [7, 11) is 0. The van der Waals surface area contributed by atoms with Gasteiger partial charge in [-0.15, -0.1) is 0 Å². The number of nitrogens with one attached hydrogen (secondary N) is 1. The Balaban J connectivity index is 1.25. The van der Waals surface area contributed by atoms with E-state index in [2.05, 4.69) is 31.0 Å². The van der Waals surface area contributed by atoms with Crippen molar-refractivity contribution in [3.63, 3.8) is 0 Å². The quantitative estimate of drug-likeness (QED) is 0.548. The molecular weight excluding hydrogens is 518 g/mol. The Hall–Kier alpha value is -3.45. The van der Waals surface area contributed by atoms with Crippen LogP contribution in [0.15, 0.2) is 17.0 Å². The van der Waals surface area contributed by atoms with Crippen LogP contribution in [0.25, 0.3) is 6.08 Å². The Bertz CT molecular complexity index is 1280. The van der Waals surface area contributed by atoms with Crippen molar-refractivity contribution in [3.05, 3.63) is 28.4 Å². The van der Waals surface area contributed by atoms with Gasteiger partial charge in [0.05, 0.1) is 23.8 Å². The van der Waals surface area contributed by atoms with Gasteiger partial charge >= 0.3 is 0 Å². The van der Waals surface area contributed by atoms with Crippen molar-refractivity contribution < 1.29 is 14.3 Å². The molecule has 0 aliphatic carbocycles. The van der Waals surface area contributed by atoms with E-state index in [1.807, 2.05) is 13.0 Å². The van der Waals surface area contributed by atoms with Gasteiger partial charge in [-0.1, -0.05) is 0 Å². The molecule has 0 radical (unpaired) electrons. The second-order valence-electron chi connectivity index (χ2n) is 10.1. The molecule has 0 atom stereocenters. The SMILES string of the molecule is Cc1cc(N2CCCN(c3nc(/C=C4\SC(=O)NC4=O)cc(N4CCOCC4)n3)CC2)nc(N2CCCC2)n1. The van der Waals surface area contributed by atoms with E-state index in [0.29, 0.717) is 29.8 Å². The molecule has 0 saturated carbocycles. The second kappa shape index (κ2) is 11.3. The van der Waals surface area contributed by atoms with E-state index >= 15 is 0 Å². The molecule has 1 N–H and O–H groups in total. The smallest absolute Gasteiger partial charge is 0.290 e. The molecule has 2 aromatic heterocycles. The van der Waals surface area contributed by atoms with Gasteiger partial charge in [0.1, 0.15) is 11.6 Å². The van der Waals surface area contributed by atoms with Crippen LogP contribution in [-0.4, -0.2) is 96.7 Å². The molecule has 4 aliphatic heterocycles. The fourth-order valence-electron chi connectivity index (χ4n) is 5.27. The van der Waals surface area contributed by atoms with Gasteiger partial charge in [-0.05, 0) is 44.0 Å². The van der Waals surface area contributed by atoms with Gasteiger partial charge in [0.25, 0.3) is 11.1 Å². The van der Waals surface area contributed by atoms with Crippen LogP contribution >= 0.6 is 11.8 Å². The lowest BCUT2D eigenvalue weighted by Crippen LogP contribution is -2.37. The monoisotopic (exact) mass is 551 g/mol. The summed E-state index contributed by atoms with van der Waals surface area (Å²) in [6.45, 7) is 10.0. The Kier molecular flexibility index (Phi) is 7.51. The molecular formula is C26H33N9O3S. The molecule has 12 nitrogen and oxygen atoms in total. The number of amides is 2. The first-order chi connectivity index (χ1) is 19.0. The summed E-state index contributed by atoms with van der Waals surface area (Å²) in [5, 5.41) is 1.95. The highest BCUT2D eigenvalue weighted by Crippen LogP contribution is 2.28. The zero-order valence-electron chi connectivity index (χ0n) is 22.1. The number of thioether (sulfide) groups is 1. The number of anilines is 4. The van der Waals surface area contributed by atoms with Gasteiger partial charge in [0.15, 0.2) is 0 Å². The summed E-state index contributed by atoms with van der Waals surface area (Å²) in [6.07, 6.45) is 4.98. The van der Waals surface area contributed by atoms with E-state index in [1.165, 1.54) is 12.8 Å². The van der Waals surface area contributed by atoms with Crippen molar-refractivity contribution in [2.75, 3.05) is 85.2 Å². The highest BCUT2D eigenvalue weighted by molar-refractivity contribution is 8.18. The number of rotatable bonds is 5. The highest BCUT2D eigenvalue weighted by atomic mass is 32.2. The van der Waals surface area contributed by atoms with Crippen molar-refractivity contribution in [2.45, 2.75) is 26.2 Å². The molecule has 6 rings (SSSR count). The van der Waals surface area contributed by atoms with Crippen molar-refractivity contribution in [3.8, 4) is 0 Å². The van der Waals surface area contributed by atoms with Crippen molar-refractivity contribution >= 4 is 52.5 Å². The van der Waals surface area contributed by atoms with E-state index in [0.717, 1.165) is 93.8 Å². The lowest BCUT2D eigenvalue weighted by molar-refractivity contribution is -0.115. The number of imide groups is 1. The molecule has 0 bridgehead atoms. The number of carbonyl (C=O) groups excluding carboxylic acids is 2. The molecule has 0 spiro atoms. The highest BCUT2D eigenvalue weighted by Gasteiger charge is 2.27. The molecule has 4 aliphatic rings. The number of aryl methyl sites for hydroxylation is 1. The maximum absolute atomic E-state index is 12.2. The third-order valence-corrected chi connectivity index (χ3v) is 8.11. The maximum Gasteiger partial charge on any atom is 0.290 e. The molecule has 13 heteroatoms. The molecule has 4 saturated heterocycles. The predicted molar refractivity (Wildman–Crippen MR) is 151 cm³/mol. The number of hydrogen-bond donors (Lipinski definition) is 1. The summed E-state index contributed by atoms with van der Waals surface area (Å²) in [4.78, 5) is 52.6. The molecule has 206 valence electrons. The fraction of sp³-hybridized carbons (Fsp3) is 0.538. The number of carbonyl (C=O) groups is 2. The average molecular weight is 552 g/mol. The number of morpholine rings is 1. The van der Waals surface area contributed by atoms with E-state index in [4.69, 9.17) is 24.7 Å². The van der Waals surface area contributed by atoms with Crippen molar-refractivity contribution in [1.82, 2.24) is 25.3 Å². The summed E-state index contributed by atoms with van der Waals surface area (Å²) < 4.78 is 5.53. The van der Waals surface area contributed by atoms with Crippen LogP contribution in [0.3, 0.4) is 0 Å². The number of aromatic nitrogens is 4. The van der Waals surface area contributed by atoms with Gasteiger partial charge in [0.2, 0.25) is 11.9 Å². The van der Waals surface area contributed by atoms with Crippen LogP contribution in [0.5, 0.6) is 0 Å². The normalized spacial score (nSPS) is 21.6. The zero-order chi connectivity index (χ0) is 26.8. The van der Waals surface area contributed by atoms with Crippen LogP contribution in [0.4, 0.5) is 28.3 Å². The number of ether oxygens (including phenoxy) is 1. The minimum Gasteiger partial charge on any atom is -0.378 e. The molecule has 4 fully saturated rings. The topological polar surface area (TPSA) is 120 Å². The molecule has 0 aromatic carbocycles. The van der Waals surface area contributed by atoms with Gasteiger partial charge in [-0.25, -0.2) is 9.97 Å². The first kappa shape index (κ1) is 25.8. The van der Waals surface area contributed by atoms with E-state index in [-0.39, 0.29) is 5.24 Å². The zero-order valence-corrected chi connectivity index (χ0v) is 23.0. The van der Waals surface area contributed by atoms with Crippen LogP contribution in [0.1, 0.15) is 30.7 Å². The molecule has 2 aromatic rings. The third-order valence-electron chi connectivity index (χ3n) is 7.30. The molecule has 39 heavy (non-hydrogen) atoms. The van der Waals surface area contributed by atoms with Gasteiger partial charge in [-0.3, -0.25) is 14.9 Å². The Labute approximate surface area is 231 Å². The first-order valence-electron chi connectivity index (χ1n) is 13.6. The molecule has 6 heterocycles. The fourth-order valence-corrected chi connectivity index (χ4v) is 5.94. The van der Waals surface area contributed by atoms with Crippen molar-refractivity contribution in [1.29, 1.82) is 0 Å². The number of nitrogens with zero attached hydrogens (tertiary/aromatic N) is 8. The predicted octanol–water partition coefficient (Wildman–Crippen LogP) is 2.05. The minimum atomic E-state index is -0.392. The van der Waals surface area contributed by atoms with Gasteiger partial charge < -0.3 is 24.3 Å². The van der Waals surface area contributed by atoms with Crippen molar-refractivity contribution in [2.24, 2.45) is 0 Å². The second-order valence-corrected chi connectivity index (χ2v) is 11.1. The average Bonchev–Trinajstić information content (AvgIpc) is 3.51. The minimum absolute atomic E-state index is 0.340. The van der Waals surface area contributed by atoms with Crippen LogP contribution in [0.2, 0.25) is 0 Å². The third kappa shape index (κ3) is 5.93. The van der Waals surface area contributed by atoms with Gasteiger partial charge in [-0.2, -0.15) is 9.97 Å². The first-order valence-corrected chi connectivity index (χ1v) is 14.4. The Morgan fingerprint density at radius 2 is 1.38 bits per heavy atom. The van der Waals surface area contributed by atoms with Crippen LogP contribution in [0, 0.1) is 6.92 Å². The lowest BCUT2D eigenvalue weighted by Gasteiger charge is -2.29. The largest absolute Gasteiger partial charge is 0.378 e. The van der Waals surface area contributed by atoms with Crippen LogP contribution in [-0.2, 0) is 9.53 Å². The van der Waals surface area contributed by atoms with E-state index in [1.54, 1.807) is 6.08 Å². The summed E-state index contributed by atoms with van der Waals surface area (Å²) in [5.41, 5.74) is 1.59. The summed E-state index contributed by atoms with van der Waals surface area (Å²) >= 11 is 0.896. The summed E-state index contributed by atoms with van der Waals surface area (Å²) in [6, 6.07) is 3.95. The van der Waals surface area contributed by atoms with Gasteiger partial charge in [0, 0.05) is 70.2 Å². The van der Waals surface area contributed by atoms with Crippen LogP contribution < -0.4 is 24.9 Å². The standard InChI is InChI=1S/C26H33N9O3S/c1-18-15-21(29-24(27-18)34-5-2-3-6-34)32-7-4-8-35(10-9-32)25-28-19(16-20-23(36)31-26(37)39-20)17-22(30-25)33-11-13-38-14-12-33/h15-17H,2-14H2,1H3,(H,31,36,37)/b20-16-. The summed E-state index contributed by atoms with van der Waals surface area (Å²) in [5.74, 6) is 2.83. The molecule has 0 unspecified atom stereocenters.